The Morgan fingerprint density at radius 2 is 1.81 bits per heavy atom. The van der Waals surface area contributed by atoms with Crippen LogP contribution in [0.1, 0.15) is 40.4 Å². The van der Waals surface area contributed by atoms with E-state index in [1.54, 1.807) is 11.3 Å². The molecule has 2 amide bonds. The number of rotatable bonds is 6. The summed E-state index contributed by atoms with van der Waals surface area (Å²) in [6.45, 7) is 0. The molecule has 2 fully saturated rings. The highest BCUT2D eigenvalue weighted by atomic mass is 32.1. The molecule has 0 radical (unpaired) electrons. The zero-order valence-corrected chi connectivity index (χ0v) is 16.5. The molecule has 0 bridgehead atoms. The van der Waals surface area contributed by atoms with Crippen LogP contribution in [-0.4, -0.2) is 38.0 Å². The van der Waals surface area contributed by atoms with Gasteiger partial charge in [-0.1, -0.05) is 12.1 Å². The van der Waals surface area contributed by atoms with Crippen LogP contribution in [0.3, 0.4) is 0 Å². The van der Waals surface area contributed by atoms with E-state index < -0.39 is 0 Å². The van der Waals surface area contributed by atoms with Crippen molar-refractivity contribution in [3.05, 3.63) is 52.2 Å². The molecule has 2 atom stereocenters. The third kappa shape index (κ3) is 4.00. The first-order valence-corrected chi connectivity index (χ1v) is 10.3. The molecule has 2 aliphatic carbocycles. The number of amides is 2. The maximum absolute atomic E-state index is 12.4. The van der Waals surface area contributed by atoms with E-state index in [2.05, 4.69) is 22.1 Å². The van der Waals surface area contributed by atoms with Gasteiger partial charge in [-0.2, -0.15) is 0 Å². The highest BCUT2D eigenvalue weighted by molar-refractivity contribution is 7.10. The Balaban J connectivity index is 1.21. The lowest BCUT2D eigenvalue weighted by Gasteiger charge is -2.36. The topological polar surface area (TPSA) is 61.4 Å². The second kappa shape index (κ2) is 7.35. The van der Waals surface area contributed by atoms with E-state index in [9.17, 15) is 9.59 Å². The first-order chi connectivity index (χ1) is 13.0. The van der Waals surface area contributed by atoms with E-state index >= 15 is 0 Å². The van der Waals surface area contributed by atoms with E-state index in [0.717, 1.165) is 24.9 Å². The molecule has 2 aromatic rings. The third-order valence-electron chi connectivity index (χ3n) is 5.48. The van der Waals surface area contributed by atoms with Crippen LogP contribution in [0.2, 0.25) is 0 Å². The van der Waals surface area contributed by atoms with Crippen molar-refractivity contribution in [2.24, 2.45) is 5.92 Å². The number of hydrogen-bond donors (Lipinski definition) is 2. The average molecular weight is 384 g/mol. The normalized spacial score (nSPS) is 26.0. The van der Waals surface area contributed by atoms with Gasteiger partial charge in [0, 0.05) is 54.1 Å². The summed E-state index contributed by atoms with van der Waals surface area (Å²) in [6.07, 6.45) is 2.57. The van der Waals surface area contributed by atoms with Crippen LogP contribution in [0.5, 0.6) is 0 Å². The number of nitrogens with one attached hydrogen (secondary N) is 2. The molecule has 2 N–H and O–H groups in total. The summed E-state index contributed by atoms with van der Waals surface area (Å²) in [5, 5.41) is 8.28. The quantitative estimate of drug-likeness (QED) is 0.806. The van der Waals surface area contributed by atoms with Gasteiger partial charge in [-0.05, 0) is 48.9 Å². The van der Waals surface area contributed by atoms with E-state index in [4.69, 9.17) is 0 Å². The molecule has 4 rings (SSSR count). The molecule has 1 aromatic heterocycles. The molecule has 5 nitrogen and oxygen atoms in total. The van der Waals surface area contributed by atoms with E-state index in [1.165, 1.54) is 4.88 Å². The van der Waals surface area contributed by atoms with E-state index in [0.29, 0.717) is 11.5 Å². The van der Waals surface area contributed by atoms with Gasteiger partial charge < -0.3 is 15.5 Å². The Hall–Kier alpha value is -2.34. The highest BCUT2D eigenvalue weighted by Crippen LogP contribution is 2.49. The monoisotopic (exact) mass is 383 g/mol. The summed E-state index contributed by atoms with van der Waals surface area (Å²) in [4.78, 5) is 28.1. The Morgan fingerprint density at radius 3 is 2.52 bits per heavy atom. The maximum atomic E-state index is 12.4. The van der Waals surface area contributed by atoms with Gasteiger partial charge >= 0.3 is 0 Å². The van der Waals surface area contributed by atoms with Gasteiger partial charge in [-0.15, -0.1) is 11.3 Å². The minimum Gasteiger partial charge on any atom is -0.378 e. The molecule has 0 aliphatic heterocycles. The molecule has 0 saturated heterocycles. The number of benzene rings is 1. The molecule has 142 valence electrons. The molecule has 2 saturated carbocycles. The minimum atomic E-state index is -0.0478. The van der Waals surface area contributed by atoms with Crippen molar-refractivity contribution in [2.75, 3.05) is 19.0 Å². The number of thiophene rings is 1. The van der Waals surface area contributed by atoms with Crippen LogP contribution >= 0.6 is 11.3 Å². The van der Waals surface area contributed by atoms with Crippen LogP contribution < -0.4 is 15.5 Å². The lowest BCUT2D eigenvalue weighted by atomic mass is 9.86. The van der Waals surface area contributed by atoms with Gasteiger partial charge in [-0.25, -0.2) is 0 Å². The summed E-state index contributed by atoms with van der Waals surface area (Å²) in [5.41, 5.74) is 1.68. The van der Waals surface area contributed by atoms with Crippen LogP contribution in [-0.2, 0) is 4.79 Å². The largest absolute Gasteiger partial charge is 0.378 e. The second-order valence-corrected chi connectivity index (χ2v) is 8.74. The SMILES string of the molecule is CN(C)c1cccc(C(=O)NC2CC(NC(=O)[C@@H]3C[C@H]3c3cccs3)C2)c1. The molecule has 0 unspecified atom stereocenters. The van der Waals surface area contributed by atoms with Gasteiger partial charge in [0.2, 0.25) is 5.91 Å². The standard InChI is InChI=1S/C21H25N3O2S/c1-24(2)16-6-3-5-13(9-16)20(25)22-14-10-15(11-14)23-21(26)18-12-17(18)19-7-4-8-27-19/h3-9,14-15,17-18H,10-12H2,1-2H3,(H,22,25)(H,23,26)/t14?,15?,17-,18-/m1/s1. The summed E-state index contributed by atoms with van der Waals surface area (Å²) in [6, 6.07) is 12.1. The number of nitrogens with zero attached hydrogens (tertiary/aromatic N) is 1. The zero-order valence-electron chi connectivity index (χ0n) is 15.6. The Morgan fingerprint density at radius 1 is 1.04 bits per heavy atom. The summed E-state index contributed by atoms with van der Waals surface area (Å²) in [5.74, 6) is 0.658. The lowest BCUT2D eigenvalue weighted by molar-refractivity contribution is -0.123. The average Bonchev–Trinajstić information content (AvgIpc) is 3.25. The first kappa shape index (κ1) is 18.0. The fraction of sp³-hybridized carbons (Fsp3) is 0.429. The molecule has 0 spiro atoms. The summed E-state index contributed by atoms with van der Waals surface area (Å²) in [7, 11) is 3.91. The van der Waals surface area contributed by atoms with E-state index in [-0.39, 0.29) is 29.8 Å². The molecule has 6 heteroatoms. The number of carbonyl (C=O) groups is 2. The van der Waals surface area contributed by atoms with Crippen LogP contribution in [0.25, 0.3) is 0 Å². The fourth-order valence-corrected chi connectivity index (χ4v) is 4.56. The highest BCUT2D eigenvalue weighted by Gasteiger charge is 2.45. The molecular formula is C21H25N3O2S. The minimum absolute atomic E-state index is 0.0478. The van der Waals surface area contributed by atoms with Gasteiger partial charge in [0.25, 0.3) is 5.91 Å². The van der Waals surface area contributed by atoms with Crippen LogP contribution in [0.15, 0.2) is 41.8 Å². The number of hydrogen-bond acceptors (Lipinski definition) is 4. The van der Waals surface area contributed by atoms with Crippen LogP contribution in [0.4, 0.5) is 5.69 Å². The predicted molar refractivity (Wildman–Crippen MR) is 108 cm³/mol. The smallest absolute Gasteiger partial charge is 0.251 e. The summed E-state index contributed by atoms with van der Waals surface area (Å²) < 4.78 is 0. The molecular weight excluding hydrogens is 358 g/mol. The van der Waals surface area contributed by atoms with Crippen molar-refractivity contribution in [1.29, 1.82) is 0 Å². The van der Waals surface area contributed by atoms with Crippen molar-refractivity contribution >= 4 is 28.8 Å². The third-order valence-corrected chi connectivity index (χ3v) is 6.48. The second-order valence-electron chi connectivity index (χ2n) is 7.76. The van der Waals surface area contributed by atoms with Gasteiger partial charge in [0.15, 0.2) is 0 Å². The van der Waals surface area contributed by atoms with E-state index in [1.807, 2.05) is 49.3 Å². The van der Waals surface area contributed by atoms with Gasteiger partial charge in [-0.3, -0.25) is 9.59 Å². The van der Waals surface area contributed by atoms with Crippen molar-refractivity contribution in [1.82, 2.24) is 10.6 Å². The summed E-state index contributed by atoms with van der Waals surface area (Å²) >= 11 is 1.73. The molecule has 27 heavy (non-hydrogen) atoms. The van der Waals surface area contributed by atoms with Gasteiger partial charge in [0.05, 0.1) is 0 Å². The maximum Gasteiger partial charge on any atom is 0.251 e. The fourth-order valence-electron chi connectivity index (χ4n) is 3.66. The van der Waals surface area contributed by atoms with Gasteiger partial charge in [0.1, 0.15) is 0 Å². The number of anilines is 1. The molecule has 1 aromatic carbocycles. The zero-order chi connectivity index (χ0) is 19.0. The Labute approximate surface area is 163 Å². The van der Waals surface area contributed by atoms with Crippen molar-refractivity contribution in [2.45, 2.75) is 37.3 Å². The van der Waals surface area contributed by atoms with Crippen molar-refractivity contribution in [3.8, 4) is 0 Å². The first-order valence-electron chi connectivity index (χ1n) is 9.43. The van der Waals surface area contributed by atoms with Crippen molar-refractivity contribution in [3.63, 3.8) is 0 Å². The Kier molecular flexibility index (Phi) is 4.91. The van der Waals surface area contributed by atoms with Crippen LogP contribution in [0, 0.1) is 5.92 Å². The molecule has 2 aliphatic rings. The predicted octanol–water partition coefficient (Wildman–Crippen LogP) is 2.99. The lowest BCUT2D eigenvalue weighted by Crippen LogP contribution is -2.54. The molecule has 1 heterocycles. The number of carbonyl (C=O) groups excluding carboxylic acids is 2. The Bertz CT molecular complexity index is 828. The van der Waals surface area contributed by atoms with Crippen molar-refractivity contribution < 1.29 is 9.59 Å².